The van der Waals surface area contributed by atoms with Gasteiger partial charge in [0, 0.05) is 0 Å². The lowest BCUT2D eigenvalue weighted by Crippen LogP contribution is -2.35. The molecule has 6 heteroatoms. The number of nitrogens with one attached hydrogen (secondary N) is 2. The van der Waals surface area contributed by atoms with Crippen LogP contribution in [0.15, 0.2) is 18.2 Å². The molecule has 0 saturated carbocycles. The van der Waals surface area contributed by atoms with E-state index in [4.69, 9.17) is 0 Å². The molecule has 18 heavy (non-hydrogen) atoms. The highest BCUT2D eigenvalue weighted by atomic mass is 19.1. The summed E-state index contributed by atoms with van der Waals surface area (Å²) in [5.41, 5.74) is 0.199. The highest BCUT2D eigenvalue weighted by Crippen LogP contribution is 2.18. The third kappa shape index (κ3) is 3.27. The lowest BCUT2D eigenvalue weighted by molar-refractivity contribution is -0.117. The number of anilines is 1. The van der Waals surface area contributed by atoms with Crippen molar-refractivity contribution < 1.29 is 18.7 Å². The molecule has 0 saturated heterocycles. The standard InChI is InChI=1S/C12H15FN2O3/c1-7(14-2)11(16)15-10-5-4-8(13)6-9(10)12(17)18-3/h4-7,14H,1-3H3,(H,15,16). The Labute approximate surface area is 104 Å². The van der Waals surface area contributed by atoms with Gasteiger partial charge in [0.15, 0.2) is 0 Å². The quantitative estimate of drug-likeness (QED) is 0.791. The van der Waals surface area contributed by atoms with Crippen molar-refractivity contribution in [3.63, 3.8) is 0 Å². The normalized spacial score (nSPS) is 11.8. The van der Waals surface area contributed by atoms with Gasteiger partial charge in [0.2, 0.25) is 5.91 Å². The minimum Gasteiger partial charge on any atom is -0.465 e. The predicted octanol–water partition coefficient (Wildman–Crippen LogP) is 1.16. The monoisotopic (exact) mass is 254 g/mol. The number of hydrogen-bond donors (Lipinski definition) is 2. The number of carbonyl (C=O) groups is 2. The van der Waals surface area contributed by atoms with Crippen LogP contribution >= 0.6 is 0 Å². The number of ether oxygens (including phenoxy) is 1. The Balaban J connectivity index is 3.01. The largest absolute Gasteiger partial charge is 0.465 e. The number of hydrogen-bond acceptors (Lipinski definition) is 4. The average molecular weight is 254 g/mol. The highest BCUT2D eigenvalue weighted by Gasteiger charge is 2.17. The molecule has 0 spiro atoms. The molecule has 0 aliphatic heterocycles. The molecule has 0 aliphatic carbocycles. The SMILES string of the molecule is CNC(C)C(=O)Nc1ccc(F)cc1C(=O)OC. The molecule has 1 aromatic carbocycles. The molecule has 1 atom stereocenters. The molecule has 0 aliphatic rings. The molecule has 0 radical (unpaired) electrons. The summed E-state index contributed by atoms with van der Waals surface area (Å²) in [6, 6.07) is 3.07. The number of halogens is 1. The zero-order chi connectivity index (χ0) is 13.7. The van der Waals surface area contributed by atoms with E-state index >= 15 is 0 Å². The van der Waals surface area contributed by atoms with Crippen molar-refractivity contribution >= 4 is 17.6 Å². The maximum Gasteiger partial charge on any atom is 0.340 e. The average Bonchev–Trinajstić information content (AvgIpc) is 2.38. The van der Waals surface area contributed by atoms with E-state index in [1.165, 1.54) is 13.2 Å². The summed E-state index contributed by atoms with van der Waals surface area (Å²) in [7, 11) is 2.82. The van der Waals surface area contributed by atoms with Gasteiger partial charge in [0.25, 0.3) is 0 Å². The molecule has 0 heterocycles. The Morgan fingerprint density at radius 1 is 1.39 bits per heavy atom. The molecule has 0 bridgehead atoms. The molecule has 0 fully saturated rings. The maximum atomic E-state index is 13.1. The van der Waals surface area contributed by atoms with Crippen LogP contribution in [0.5, 0.6) is 0 Å². The van der Waals surface area contributed by atoms with E-state index in [9.17, 15) is 14.0 Å². The van der Waals surface area contributed by atoms with Crippen LogP contribution in [0.1, 0.15) is 17.3 Å². The number of methoxy groups -OCH3 is 1. The van der Waals surface area contributed by atoms with Gasteiger partial charge in [0.1, 0.15) is 5.82 Å². The fraction of sp³-hybridized carbons (Fsp3) is 0.333. The van der Waals surface area contributed by atoms with Crippen LogP contribution in [0.2, 0.25) is 0 Å². The van der Waals surface area contributed by atoms with Crippen molar-refractivity contribution in [1.82, 2.24) is 5.32 Å². The van der Waals surface area contributed by atoms with Crippen LogP contribution in [0.4, 0.5) is 10.1 Å². The fourth-order valence-electron chi connectivity index (χ4n) is 1.28. The van der Waals surface area contributed by atoms with Crippen LogP contribution in [0.25, 0.3) is 0 Å². The van der Waals surface area contributed by atoms with Crippen molar-refractivity contribution in [1.29, 1.82) is 0 Å². The summed E-state index contributed by atoms with van der Waals surface area (Å²) in [6.45, 7) is 1.66. The summed E-state index contributed by atoms with van der Waals surface area (Å²) in [5, 5.41) is 5.29. The summed E-state index contributed by atoms with van der Waals surface area (Å²) in [6.07, 6.45) is 0. The Bertz CT molecular complexity index is 463. The molecular weight excluding hydrogens is 239 g/mol. The number of likely N-dealkylation sites (N-methyl/N-ethyl adjacent to an activating group) is 1. The first-order valence-corrected chi connectivity index (χ1v) is 5.35. The zero-order valence-corrected chi connectivity index (χ0v) is 10.4. The molecular formula is C12H15FN2O3. The van der Waals surface area contributed by atoms with Gasteiger partial charge < -0.3 is 15.4 Å². The first-order chi connectivity index (χ1) is 8.49. The van der Waals surface area contributed by atoms with Gasteiger partial charge in [0.05, 0.1) is 24.4 Å². The fourth-order valence-corrected chi connectivity index (χ4v) is 1.28. The number of esters is 1. The lowest BCUT2D eigenvalue weighted by Gasteiger charge is -2.13. The van der Waals surface area contributed by atoms with Crippen LogP contribution < -0.4 is 10.6 Å². The van der Waals surface area contributed by atoms with E-state index in [1.807, 2.05) is 0 Å². The molecule has 0 aromatic heterocycles. The van der Waals surface area contributed by atoms with E-state index < -0.39 is 17.8 Å². The maximum absolute atomic E-state index is 13.1. The van der Waals surface area contributed by atoms with Gasteiger partial charge >= 0.3 is 5.97 Å². The van der Waals surface area contributed by atoms with Crippen molar-refractivity contribution in [2.45, 2.75) is 13.0 Å². The highest BCUT2D eigenvalue weighted by molar-refractivity contribution is 6.02. The summed E-state index contributed by atoms with van der Waals surface area (Å²) >= 11 is 0. The van der Waals surface area contributed by atoms with E-state index in [0.29, 0.717) is 0 Å². The van der Waals surface area contributed by atoms with E-state index in [-0.39, 0.29) is 17.2 Å². The van der Waals surface area contributed by atoms with E-state index in [1.54, 1.807) is 14.0 Å². The first-order valence-electron chi connectivity index (χ1n) is 5.35. The Morgan fingerprint density at radius 3 is 2.61 bits per heavy atom. The molecule has 98 valence electrons. The van der Waals surface area contributed by atoms with Crippen LogP contribution in [-0.4, -0.2) is 32.1 Å². The van der Waals surface area contributed by atoms with Crippen LogP contribution in [0, 0.1) is 5.82 Å². The summed E-state index contributed by atoms with van der Waals surface area (Å²) in [4.78, 5) is 23.1. The van der Waals surface area contributed by atoms with Gasteiger partial charge in [-0.1, -0.05) is 0 Å². The Kier molecular flexibility index (Phi) is 4.79. The molecule has 1 aromatic rings. The van der Waals surface area contributed by atoms with Crippen molar-refractivity contribution in [2.75, 3.05) is 19.5 Å². The van der Waals surface area contributed by atoms with E-state index in [2.05, 4.69) is 15.4 Å². The van der Waals surface area contributed by atoms with Crippen molar-refractivity contribution in [2.24, 2.45) is 0 Å². The number of rotatable bonds is 4. The molecule has 5 nitrogen and oxygen atoms in total. The minimum absolute atomic E-state index is 0.0193. The van der Waals surface area contributed by atoms with Gasteiger partial charge in [-0.3, -0.25) is 4.79 Å². The molecule has 1 amide bonds. The molecule has 1 rings (SSSR count). The second-order valence-corrected chi connectivity index (χ2v) is 3.68. The van der Waals surface area contributed by atoms with Crippen molar-refractivity contribution in [3.05, 3.63) is 29.6 Å². The Morgan fingerprint density at radius 2 is 2.06 bits per heavy atom. The summed E-state index contributed by atoms with van der Waals surface area (Å²) < 4.78 is 17.6. The Hall–Kier alpha value is -1.95. The lowest BCUT2D eigenvalue weighted by atomic mass is 10.1. The van der Waals surface area contributed by atoms with Crippen molar-refractivity contribution in [3.8, 4) is 0 Å². The number of amides is 1. The zero-order valence-electron chi connectivity index (χ0n) is 10.4. The topological polar surface area (TPSA) is 67.4 Å². The van der Waals surface area contributed by atoms with Gasteiger partial charge in [-0.2, -0.15) is 0 Å². The third-order valence-corrected chi connectivity index (χ3v) is 2.47. The number of benzene rings is 1. The van der Waals surface area contributed by atoms with E-state index in [0.717, 1.165) is 12.1 Å². The molecule has 1 unspecified atom stereocenters. The van der Waals surface area contributed by atoms with Crippen LogP contribution in [0.3, 0.4) is 0 Å². The van der Waals surface area contributed by atoms with Crippen LogP contribution in [-0.2, 0) is 9.53 Å². The third-order valence-electron chi connectivity index (χ3n) is 2.47. The smallest absolute Gasteiger partial charge is 0.340 e. The first kappa shape index (κ1) is 14.1. The van der Waals surface area contributed by atoms with Gasteiger partial charge in [-0.25, -0.2) is 9.18 Å². The van der Waals surface area contributed by atoms with Gasteiger partial charge in [-0.05, 0) is 32.2 Å². The number of carbonyl (C=O) groups excluding carboxylic acids is 2. The molecule has 2 N–H and O–H groups in total. The van der Waals surface area contributed by atoms with Gasteiger partial charge in [-0.15, -0.1) is 0 Å². The minimum atomic E-state index is -0.707. The predicted molar refractivity (Wildman–Crippen MR) is 64.9 cm³/mol. The summed E-state index contributed by atoms with van der Waals surface area (Å²) in [5.74, 6) is -1.61. The second-order valence-electron chi connectivity index (χ2n) is 3.68. The second kappa shape index (κ2) is 6.11.